The van der Waals surface area contributed by atoms with E-state index in [1.54, 1.807) is 30.3 Å². The molecule has 0 N–H and O–H groups in total. The van der Waals surface area contributed by atoms with Gasteiger partial charge in [0.25, 0.3) is 0 Å². The molecule has 0 aliphatic rings. The van der Waals surface area contributed by atoms with E-state index in [-0.39, 0.29) is 0 Å². The standard InChI is InChI=1S/C30H6F6N8/c31-29(32,33)20-3-16(7-37)25(12-42)22(5-20)24(11-41)15-1-18(9-39)28(19(2-15)10-40)27(14-44)23-6-21(30(34,35)36)4-17(8-38)26(23)13-43/h1-6H. The number of nitriles is 8. The average Bonchev–Trinajstić information content (AvgIpc) is 2.99. The molecule has 0 saturated heterocycles. The van der Waals surface area contributed by atoms with Gasteiger partial charge in [0.1, 0.15) is 36.4 Å². The summed E-state index contributed by atoms with van der Waals surface area (Å²) in [5.74, 6) is 0. The summed E-state index contributed by atoms with van der Waals surface area (Å²) in [7, 11) is 0. The predicted octanol–water partition coefficient (Wildman–Crippen LogP) is 4.40. The van der Waals surface area contributed by atoms with Crippen LogP contribution in [0.3, 0.4) is 0 Å². The molecule has 0 bridgehead atoms. The molecule has 3 aromatic rings. The lowest BCUT2D eigenvalue weighted by Crippen LogP contribution is -2.23. The van der Waals surface area contributed by atoms with E-state index in [0.717, 1.165) is 12.1 Å². The van der Waals surface area contributed by atoms with Crippen LogP contribution < -0.4 is 10.4 Å². The summed E-state index contributed by atoms with van der Waals surface area (Å²) >= 11 is 0. The minimum absolute atomic E-state index is 0.377. The van der Waals surface area contributed by atoms with E-state index >= 15 is 0 Å². The van der Waals surface area contributed by atoms with Crippen LogP contribution in [0.15, 0.2) is 36.4 Å². The highest BCUT2D eigenvalue weighted by molar-refractivity contribution is 5.85. The van der Waals surface area contributed by atoms with E-state index in [0.29, 0.717) is 24.3 Å². The zero-order chi connectivity index (χ0) is 33.0. The van der Waals surface area contributed by atoms with Crippen molar-refractivity contribution in [2.45, 2.75) is 12.4 Å². The SMILES string of the molecule is N#CC(c1cc(C(F)(F)F)cc(C#N)c1C#N)=c1cc(C#N)c(=C(C#N)c2cc(C(F)(F)F)cc(C#N)c2C#N)c(C#N)c1. The third-order valence-electron chi connectivity index (χ3n) is 6.08. The van der Waals surface area contributed by atoms with Gasteiger partial charge >= 0.3 is 12.4 Å². The molecule has 0 atom stereocenters. The maximum Gasteiger partial charge on any atom is 0.416 e. The molecule has 0 spiro atoms. The molecule has 0 aliphatic carbocycles. The minimum Gasteiger partial charge on any atom is -0.192 e. The predicted molar refractivity (Wildman–Crippen MR) is 133 cm³/mol. The fraction of sp³-hybridized carbons (Fsp3) is 0.0667. The van der Waals surface area contributed by atoms with Gasteiger partial charge in [-0.2, -0.15) is 68.4 Å². The van der Waals surface area contributed by atoms with Crippen LogP contribution in [0.1, 0.15) is 55.6 Å². The lowest BCUT2D eigenvalue weighted by atomic mass is 9.89. The summed E-state index contributed by atoms with van der Waals surface area (Å²) in [4.78, 5) is 0. The van der Waals surface area contributed by atoms with Crippen LogP contribution in [0, 0.1) is 90.6 Å². The highest BCUT2D eigenvalue weighted by Gasteiger charge is 2.34. The lowest BCUT2D eigenvalue weighted by Gasteiger charge is -2.13. The Bertz CT molecular complexity index is 2200. The molecule has 0 fully saturated rings. The number of rotatable bonds is 2. The molecule has 0 saturated carbocycles. The number of alkyl halides is 6. The van der Waals surface area contributed by atoms with Gasteiger partial charge < -0.3 is 0 Å². The maximum absolute atomic E-state index is 13.6. The van der Waals surface area contributed by atoms with Gasteiger partial charge in [-0.25, -0.2) is 0 Å². The van der Waals surface area contributed by atoms with Crippen LogP contribution >= 0.6 is 0 Å². The van der Waals surface area contributed by atoms with E-state index < -0.39 is 89.6 Å². The van der Waals surface area contributed by atoms with Crippen molar-refractivity contribution in [3.8, 4) is 48.6 Å². The molecular weight excluding hydrogens is 586 g/mol. The van der Waals surface area contributed by atoms with E-state index in [2.05, 4.69) is 0 Å². The van der Waals surface area contributed by atoms with Crippen LogP contribution in [-0.4, -0.2) is 0 Å². The second-order valence-corrected chi connectivity index (χ2v) is 8.48. The van der Waals surface area contributed by atoms with Crippen molar-refractivity contribution in [3.05, 3.63) is 102 Å². The van der Waals surface area contributed by atoms with Crippen LogP contribution in [0.5, 0.6) is 0 Å². The third kappa shape index (κ3) is 5.56. The van der Waals surface area contributed by atoms with Crippen molar-refractivity contribution in [3.63, 3.8) is 0 Å². The van der Waals surface area contributed by atoms with Crippen molar-refractivity contribution < 1.29 is 26.3 Å². The fourth-order valence-corrected chi connectivity index (χ4v) is 4.19. The third-order valence-corrected chi connectivity index (χ3v) is 6.08. The molecule has 0 amide bonds. The Hall–Kier alpha value is -7.10. The molecule has 0 radical (unpaired) electrons. The Kier molecular flexibility index (Phi) is 8.42. The first-order valence-corrected chi connectivity index (χ1v) is 11.4. The molecule has 0 heterocycles. The van der Waals surface area contributed by atoms with Gasteiger partial charge in [0.15, 0.2) is 0 Å². The summed E-state index contributed by atoms with van der Waals surface area (Å²) in [6.07, 6.45) is -10.1. The molecule has 14 heteroatoms. The van der Waals surface area contributed by atoms with Crippen molar-refractivity contribution in [2.24, 2.45) is 0 Å². The zero-order valence-corrected chi connectivity index (χ0v) is 21.3. The minimum atomic E-state index is -5.04. The molecule has 44 heavy (non-hydrogen) atoms. The highest BCUT2D eigenvalue weighted by Crippen LogP contribution is 2.35. The van der Waals surface area contributed by atoms with Crippen LogP contribution in [0.25, 0.3) is 11.1 Å². The van der Waals surface area contributed by atoms with Crippen molar-refractivity contribution >= 4 is 11.1 Å². The maximum atomic E-state index is 13.6. The Morgan fingerprint density at radius 1 is 0.455 bits per heavy atom. The van der Waals surface area contributed by atoms with Crippen molar-refractivity contribution in [1.82, 2.24) is 0 Å². The Morgan fingerprint density at radius 2 is 0.818 bits per heavy atom. The molecular formula is C30H6F6N8. The van der Waals surface area contributed by atoms with Gasteiger partial charge in [0, 0.05) is 16.3 Å². The van der Waals surface area contributed by atoms with Gasteiger partial charge in [0.05, 0.1) is 67.8 Å². The summed E-state index contributed by atoms with van der Waals surface area (Å²) in [6, 6.07) is 15.6. The second-order valence-electron chi connectivity index (χ2n) is 8.48. The van der Waals surface area contributed by atoms with Crippen LogP contribution in [-0.2, 0) is 12.4 Å². The number of benzene rings is 3. The lowest BCUT2D eigenvalue weighted by molar-refractivity contribution is -0.138. The molecule has 0 aromatic heterocycles. The van der Waals surface area contributed by atoms with Crippen molar-refractivity contribution in [1.29, 1.82) is 42.1 Å². The van der Waals surface area contributed by atoms with E-state index in [1.165, 1.54) is 18.2 Å². The number of hydrogen-bond acceptors (Lipinski definition) is 8. The summed E-state index contributed by atoms with van der Waals surface area (Å²) < 4.78 is 81.5. The first-order chi connectivity index (χ1) is 20.7. The van der Waals surface area contributed by atoms with Gasteiger partial charge in [-0.1, -0.05) is 0 Å². The largest absolute Gasteiger partial charge is 0.416 e. The van der Waals surface area contributed by atoms with Gasteiger partial charge in [-0.05, 0) is 41.6 Å². The summed E-state index contributed by atoms with van der Waals surface area (Å²) in [5.41, 5.74) is -9.78. The average molecular weight is 592 g/mol. The van der Waals surface area contributed by atoms with Gasteiger partial charge in [0.2, 0.25) is 0 Å². The monoisotopic (exact) mass is 592 g/mol. The molecule has 3 aromatic carbocycles. The second kappa shape index (κ2) is 11.8. The molecule has 0 unspecified atom stereocenters. The van der Waals surface area contributed by atoms with Crippen LogP contribution in [0.4, 0.5) is 26.3 Å². The molecule has 208 valence electrons. The van der Waals surface area contributed by atoms with Crippen molar-refractivity contribution in [2.75, 3.05) is 0 Å². The molecule has 8 nitrogen and oxygen atoms in total. The quantitative estimate of drug-likeness (QED) is 0.391. The Morgan fingerprint density at radius 3 is 1.11 bits per heavy atom. The summed E-state index contributed by atoms with van der Waals surface area (Å²) in [6.45, 7) is 0. The number of nitrogens with zero attached hydrogens (tertiary/aromatic N) is 8. The Balaban J connectivity index is 2.68. The van der Waals surface area contributed by atoms with E-state index in [4.69, 9.17) is 0 Å². The summed E-state index contributed by atoms with van der Waals surface area (Å²) in [5, 5.41) is 76.6. The molecule has 3 rings (SSSR count). The van der Waals surface area contributed by atoms with E-state index in [9.17, 15) is 68.4 Å². The topological polar surface area (TPSA) is 190 Å². The van der Waals surface area contributed by atoms with Gasteiger partial charge in [-0.15, -0.1) is 0 Å². The number of hydrogen-bond donors (Lipinski definition) is 0. The highest BCUT2D eigenvalue weighted by atomic mass is 19.4. The van der Waals surface area contributed by atoms with Gasteiger partial charge in [-0.3, -0.25) is 0 Å². The normalized spacial score (nSPS) is 10.3. The van der Waals surface area contributed by atoms with E-state index in [1.807, 2.05) is 0 Å². The zero-order valence-electron chi connectivity index (χ0n) is 21.3. The first kappa shape index (κ1) is 31.4. The Labute approximate surface area is 243 Å². The first-order valence-electron chi connectivity index (χ1n) is 11.4. The van der Waals surface area contributed by atoms with Crippen LogP contribution in [0.2, 0.25) is 0 Å². The smallest absolute Gasteiger partial charge is 0.192 e. The molecule has 0 aliphatic heterocycles. The number of halogens is 6. The fourth-order valence-electron chi connectivity index (χ4n) is 4.19.